The Balaban J connectivity index is 1.26. The predicted octanol–water partition coefficient (Wildman–Crippen LogP) is 4.77. The van der Waals surface area contributed by atoms with Gasteiger partial charge in [0.25, 0.3) is 0 Å². The average Bonchev–Trinajstić information content (AvgIpc) is 3.30. The van der Waals surface area contributed by atoms with Crippen molar-refractivity contribution < 1.29 is 9.13 Å². The molecule has 158 valence electrons. The molecule has 1 saturated heterocycles. The maximum atomic E-state index is 13.2. The number of H-pyrrole nitrogens is 1. The zero-order valence-electron chi connectivity index (χ0n) is 17.3. The number of para-hydroxylation sites is 1. The second-order valence-electron chi connectivity index (χ2n) is 7.77. The van der Waals surface area contributed by atoms with Crippen LogP contribution in [0.3, 0.4) is 0 Å². The molecular formula is C24H24FN5O. The van der Waals surface area contributed by atoms with Gasteiger partial charge in [-0.2, -0.15) is 0 Å². The number of hydrogen-bond acceptors (Lipinski definition) is 5. The van der Waals surface area contributed by atoms with Gasteiger partial charge in [0.15, 0.2) is 5.75 Å². The molecule has 5 rings (SSSR count). The molecule has 2 aromatic carbocycles. The van der Waals surface area contributed by atoms with E-state index in [1.807, 2.05) is 48.7 Å². The number of aromatic amines is 1. The minimum atomic E-state index is -0.199. The highest BCUT2D eigenvalue weighted by Gasteiger charge is 2.23. The zero-order valence-corrected chi connectivity index (χ0v) is 17.3. The van der Waals surface area contributed by atoms with E-state index in [2.05, 4.69) is 31.7 Å². The Morgan fingerprint density at radius 2 is 1.81 bits per heavy atom. The smallest absolute Gasteiger partial charge is 0.224 e. The molecule has 1 aliphatic heterocycles. The Hall–Kier alpha value is -3.45. The van der Waals surface area contributed by atoms with Gasteiger partial charge < -0.3 is 14.6 Å². The third-order valence-corrected chi connectivity index (χ3v) is 5.93. The van der Waals surface area contributed by atoms with Gasteiger partial charge in [-0.1, -0.05) is 24.3 Å². The van der Waals surface area contributed by atoms with E-state index in [0.29, 0.717) is 5.88 Å². The largest absolute Gasteiger partial charge is 0.437 e. The summed E-state index contributed by atoms with van der Waals surface area (Å²) in [5.41, 5.74) is 2.08. The van der Waals surface area contributed by atoms with Crippen molar-refractivity contribution in [1.82, 2.24) is 19.9 Å². The summed E-state index contributed by atoms with van der Waals surface area (Å²) in [6.45, 7) is 5.68. The minimum absolute atomic E-state index is 0.199. The normalized spacial score (nSPS) is 15.9. The van der Waals surface area contributed by atoms with Crippen molar-refractivity contribution >= 4 is 16.7 Å². The van der Waals surface area contributed by atoms with E-state index in [0.717, 1.165) is 54.2 Å². The van der Waals surface area contributed by atoms with Crippen LogP contribution in [0, 0.1) is 5.82 Å². The van der Waals surface area contributed by atoms with Crippen LogP contribution < -0.4 is 9.64 Å². The molecular weight excluding hydrogens is 393 g/mol. The quantitative estimate of drug-likeness (QED) is 0.507. The Morgan fingerprint density at radius 1 is 1.00 bits per heavy atom. The van der Waals surface area contributed by atoms with E-state index in [1.54, 1.807) is 6.33 Å². The number of anilines is 1. The summed E-state index contributed by atoms with van der Waals surface area (Å²) in [6.07, 6.45) is 3.45. The summed E-state index contributed by atoms with van der Waals surface area (Å²) in [6, 6.07) is 16.9. The first-order chi connectivity index (χ1) is 15.2. The lowest BCUT2D eigenvalue weighted by Crippen LogP contribution is -2.47. The second-order valence-corrected chi connectivity index (χ2v) is 7.77. The molecule has 1 aliphatic rings. The first-order valence-corrected chi connectivity index (χ1v) is 10.5. The number of nitrogens with one attached hydrogen (secondary N) is 1. The van der Waals surface area contributed by atoms with Crippen LogP contribution in [0.15, 0.2) is 67.1 Å². The summed E-state index contributed by atoms with van der Waals surface area (Å²) in [5.74, 6) is 1.92. The minimum Gasteiger partial charge on any atom is -0.437 e. The first-order valence-electron chi connectivity index (χ1n) is 10.5. The molecule has 1 atom stereocenters. The van der Waals surface area contributed by atoms with Crippen LogP contribution in [0.25, 0.3) is 10.9 Å². The number of nitrogens with zero attached hydrogens (tertiary/aromatic N) is 4. The Labute approximate surface area is 180 Å². The number of ether oxygens (including phenoxy) is 1. The van der Waals surface area contributed by atoms with Crippen LogP contribution in [0.2, 0.25) is 0 Å². The number of fused-ring (bicyclic) bond motifs is 1. The van der Waals surface area contributed by atoms with Gasteiger partial charge >= 0.3 is 0 Å². The van der Waals surface area contributed by atoms with Gasteiger partial charge in [0.2, 0.25) is 5.88 Å². The number of benzene rings is 2. The Bertz CT molecular complexity index is 1170. The van der Waals surface area contributed by atoms with Crippen molar-refractivity contribution in [3.05, 3.63) is 78.5 Å². The molecule has 6 nitrogen and oxygen atoms in total. The van der Waals surface area contributed by atoms with Gasteiger partial charge in [0, 0.05) is 49.9 Å². The molecule has 1 N–H and O–H groups in total. The molecule has 0 radical (unpaired) electrons. The Kier molecular flexibility index (Phi) is 5.26. The van der Waals surface area contributed by atoms with E-state index in [-0.39, 0.29) is 11.9 Å². The summed E-state index contributed by atoms with van der Waals surface area (Å²) in [7, 11) is 0. The maximum Gasteiger partial charge on any atom is 0.224 e. The number of hydrogen-bond donors (Lipinski definition) is 1. The molecule has 2 aromatic heterocycles. The highest BCUT2D eigenvalue weighted by molar-refractivity contribution is 5.85. The fourth-order valence-electron chi connectivity index (χ4n) is 4.10. The lowest BCUT2D eigenvalue weighted by atomic mass is 10.1. The highest BCUT2D eigenvalue weighted by Crippen LogP contribution is 2.29. The molecule has 1 fully saturated rings. The molecule has 0 bridgehead atoms. The average molecular weight is 417 g/mol. The van der Waals surface area contributed by atoms with Gasteiger partial charge in [0.05, 0.1) is 5.52 Å². The van der Waals surface area contributed by atoms with Crippen molar-refractivity contribution in [3.8, 4) is 11.6 Å². The first kappa shape index (κ1) is 19.5. The van der Waals surface area contributed by atoms with E-state index >= 15 is 0 Å². The van der Waals surface area contributed by atoms with Gasteiger partial charge in [-0.3, -0.25) is 4.90 Å². The van der Waals surface area contributed by atoms with Crippen LogP contribution in [-0.4, -0.2) is 46.0 Å². The molecule has 0 spiro atoms. The van der Waals surface area contributed by atoms with Gasteiger partial charge in [-0.05, 0) is 36.8 Å². The van der Waals surface area contributed by atoms with Crippen molar-refractivity contribution in [2.75, 3.05) is 31.1 Å². The fraction of sp³-hybridized carbons (Fsp3) is 0.250. The van der Waals surface area contributed by atoms with Crippen molar-refractivity contribution in [2.45, 2.75) is 13.0 Å². The van der Waals surface area contributed by atoms with Gasteiger partial charge in [-0.15, -0.1) is 0 Å². The van der Waals surface area contributed by atoms with Crippen LogP contribution in [0.1, 0.15) is 18.5 Å². The van der Waals surface area contributed by atoms with Crippen molar-refractivity contribution in [3.63, 3.8) is 0 Å². The van der Waals surface area contributed by atoms with Crippen molar-refractivity contribution in [1.29, 1.82) is 0 Å². The van der Waals surface area contributed by atoms with Crippen LogP contribution in [0.4, 0.5) is 10.2 Å². The van der Waals surface area contributed by atoms with E-state index in [9.17, 15) is 4.39 Å². The maximum absolute atomic E-state index is 13.2. The lowest BCUT2D eigenvalue weighted by Gasteiger charge is -2.38. The Morgan fingerprint density at radius 3 is 2.61 bits per heavy atom. The molecule has 1 unspecified atom stereocenters. The van der Waals surface area contributed by atoms with Crippen LogP contribution in [0.5, 0.6) is 11.6 Å². The summed E-state index contributed by atoms with van der Waals surface area (Å²) in [4.78, 5) is 16.6. The number of aromatic nitrogens is 3. The van der Waals surface area contributed by atoms with Crippen molar-refractivity contribution in [2.24, 2.45) is 0 Å². The number of piperazine rings is 1. The molecule has 0 aliphatic carbocycles. The fourth-order valence-corrected chi connectivity index (χ4v) is 4.10. The van der Waals surface area contributed by atoms with Crippen LogP contribution in [-0.2, 0) is 0 Å². The van der Waals surface area contributed by atoms with E-state index in [1.165, 1.54) is 12.1 Å². The SMILES string of the molecule is CC(c1ccc(F)cc1)N1CCN(c2cc(Oc3cccc4cc[nH]c34)ncn2)CC1. The van der Waals surface area contributed by atoms with Gasteiger partial charge in [-0.25, -0.2) is 14.4 Å². The summed E-state index contributed by atoms with van der Waals surface area (Å²) < 4.78 is 19.3. The van der Waals surface area contributed by atoms with E-state index in [4.69, 9.17) is 4.74 Å². The van der Waals surface area contributed by atoms with Crippen LogP contribution >= 0.6 is 0 Å². The molecule has 0 saturated carbocycles. The molecule has 7 heteroatoms. The highest BCUT2D eigenvalue weighted by atomic mass is 19.1. The molecule has 3 heterocycles. The summed E-state index contributed by atoms with van der Waals surface area (Å²) >= 11 is 0. The third-order valence-electron chi connectivity index (χ3n) is 5.93. The van der Waals surface area contributed by atoms with Gasteiger partial charge in [0.1, 0.15) is 18.0 Å². The number of halogens is 1. The summed E-state index contributed by atoms with van der Waals surface area (Å²) in [5, 5.41) is 1.10. The second kappa shape index (κ2) is 8.35. The topological polar surface area (TPSA) is 57.3 Å². The molecule has 31 heavy (non-hydrogen) atoms. The van der Waals surface area contributed by atoms with E-state index < -0.39 is 0 Å². The molecule has 0 amide bonds. The standard InChI is InChI=1S/C24H24FN5O/c1-17(18-5-7-20(25)8-6-18)29-11-13-30(14-12-29)22-15-23(28-16-27-22)31-21-4-2-3-19-9-10-26-24(19)21/h2-10,15-17,26H,11-14H2,1H3. The number of rotatable bonds is 5. The predicted molar refractivity (Wildman–Crippen MR) is 119 cm³/mol. The lowest BCUT2D eigenvalue weighted by molar-refractivity contribution is 0.198. The zero-order chi connectivity index (χ0) is 21.2. The third kappa shape index (κ3) is 4.09. The monoisotopic (exact) mass is 417 g/mol. The molecule has 4 aromatic rings.